The van der Waals surface area contributed by atoms with E-state index in [0.717, 1.165) is 12.8 Å². The SMILES string of the molecule is CC(C)C(C)NC(=O)CCCc1cccs1. The van der Waals surface area contributed by atoms with Crippen LogP contribution in [0.5, 0.6) is 0 Å². The molecule has 3 heteroatoms. The van der Waals surface area contributed by atoms with Crippen LogP contribution in [0.1, 0.15) is 38.5 Å². The summed E-state index contributed by atoms with van der Waals surface area (Å²) < 4.78 is 0. The predicted octanol–water partition coefficient (Wildman–Crippen LogP) is 3.23. The molecule has 1 amide bonds. The maximum absolute atomic E-state index is 11.6. The Kier molecular flexibility index (Phi) is 5.53. The lowest BCUT2D eigenvalue weighted by molar-refractivity contribution is -0.122. The average Bonchev–Trinajstić information content (AvgIpc) is 2.70. The molecular formula is C13H21NOS. The number of nitrogens with one attached hydrogen (secondary N) is 1. The van der Waals surface area contributed by atoms with Crippen molar-refractivity contribution in [2.45, 2.75) is 46.1 Å². The van der Waals surface area contributed by atoms with Crippen molar-refractivity contribution in [1.29, 1.82) is 0 Å². The van der Waals surface area contributed by atoms with Crippen LogP contribution in [0, 0.1) is 5.92 Å². The Morgan fingerprint density at radius 1 is 1.44 bits per heavy atom. The zero-order chi connectivity index (χ0) is 12.0. The fourth-order valence-electron chi connectivity index (χ4n) is 1.37. The van der Waals surface area contributed by atoms with Crippen molar-refractivity contribution in [1.82, 2.24) is 5.32 Å². The highest BCUT2D eigenvalue weighted by molar-refractivity contribution is 7.09. The van der Waals surface area contributed by atoms with E-state index >= 15 is 0 Å². The number of amides is 1. The minimum Gasteiger partial charge on any atom is -0.353 e. The fourth-order valence-corrected chi connectivity index (χ4v) is 2.12. The number of aryl methyl sites for hydroxylation is 1. The van der Waals surface area contributed by atoms with Crippen molar-refractivity contribution in [3.8, 4) is 0 Å². The van der Waals surface area contributed by atoms with Gasteiger partial charge in [0.15, 0.2) is 0 Å². The standard InChI is InChI=1S/C13H21NOS/c1-10(2)11(3)14-13(15)8-4-6-12-7-5-9-16-12/h5,7,9-11H,4,6,8H2,1-3H3,(H,14,15). The highest BCUT2D eigenvalue weighted by Crippen LogP contribution is 2.12. The number of carbonyl (C=O) groups excluding carboxylic acids is 1. The average molecular weight is 239 g/mol. The summed E-state index contributed by atoms with van der Waals surface area (Å²) in [7, 11) is 0. The van der Waals surface area contributed by atoms with E-state index in [1.54, 1.807) is 11.3 Å². The van der Waals surface area contributed by atoms with Crippen LogP contribution >= 0.6 is 11.3 Å². The highest BCUT2D eigenvalue weighted by atomic mass is 32.1. The molecule has 0 fully saturated rings. The molecule has 0 aliphatic rings. The van der Waals surface area contributed by atoms with E-state index in [1.807, 2.05) is 0 Å². The molecule has 1 unspecified atom stereocenters. The third kappa shape index (κ3) is 4.79. The first-order chi connectivity index (χ1) is 7.59. The zero-order valence-corrected chi connectivity index (χ0v) is 11.1. The van der Waals surface area contributed by atoms with Crippen LogP contribution in [0.2, 0.25) is 0 Å². The smallest absolute Gasteiger partial charge is 0.220 e. The van der Waals surface area contributed by atoms with Gasteiger partial charge in [0.05, 0.1) is 0 Å². The minimum atomic E-state index is 0.178. The van der Waals surface area contributed by atoms with Crippen LogP contribution in [-0.4, -0.2) is 11.9 Å². The summed E-state index contributed by atoms with van der Waals surface area (Å²) in [5, 5.41) is 5.10. The molecule has 1 atom stereocenters. The summed E-state index contributed by atoms with van der Waals surface area (Å²) in [4.78, 5) is 12.9. The van der Waals surface area contributed by atoms with Gasteiger partial charge in [-0.2, -0.15) is 0 Å². The van der Waals surface area contributed by atoms with Crippen molar-refractivity contribution in [3.63, 3.8) is 0 Å². The molecule has 1 aromatic heterocycles. The lowest BCUT2D eigenvalue weighted by Gasteiger charge is -2.17. The summed E-state index contributed by atoms with van der Waals surface area (Å²) in [5.74, 6) is 0.680. The van der Waals surface area contributed by atoms with E-state index in [-0.39, 0.29) is 11.9 Å². The Balaban J connectivity index is 2.15. The normalized spacial score (nSPS) is 12.8. The van der Waals surface area contributed by atoms with Gasteiger partial charge < -0.3 is 5.32 Å². The highest BCUT2D eigenvalue weighted by Gasteiger charge is 2.10. The van der Waals surface area contributed by atoms with E-state index in [1.165, 1.54) is 4.88 Å². The number of carbonyl (C=O) groups is 1. The van der Waals surface area contributed by atoms with E-state index in [9.17, 15) is 4.79 Å². The van der Waals surface area contributed by atoms with Crippen molar-refractivity contribution in [2.75, 3.05) is 0 Å². The molecule has 1 heterocycles. The Morgan fingerprint density at radius 2 is 2.19 bits per heavy atom. The van der Waals surface area contributed by atoms with Crippen molar-refractivity contribution in [2.24, 2.45) is 5.92 Å². The Labute approximate surface area is 102 Å². The second-order valence-corrected chi connectivity index (χ2v) is 5.57. The van der Waals surface area contributed by atoms with Crippen LogP contribution in [0.15, 0.2) is 17.5 Å². The first kappa shape index (κ1) is 13.2. The van der Waals surface area contributed by atoms with E-state index in [4.69, 9.17) is 0 Å². The van der Waals surface area contributed by atoms with Gasteiger partial charge in [-0.1, -0.05) is 19.9 Å². The zero-order valence-electron chi connectivity index (χ0n) is 10.3. The first-order valence-corrected chi connectivity index (χ1v) is 6.79. The molecule has 2 nitrogen and oxygen atoms in total. The van der Waals surface area contributed by atoms with Gasteiger partial charge in [0.2, 0.25) is 5.91 Å². The number of rotatable bonds is 6. The van der Waals surface area contributed by atoms with Gasteiger partial charge in [-0.15, -0.1) is 11.3 Å². The topological polar surface area (TPSA) is 29.1 Å². The number of thiophene rings is 1. The lowest BCUT2D eigenvalue weighted by atomic mass is 10.1. The summed E-state index contributed by atoms with van der Waals surface area (Å²) in [5.41, 5.74) is 0. The van der Waals surface area contributed by atoms with Gasteiger partial charge in [-0.3, -0.25) is 4.79 Å². The van der Waals surface area contributed by atoms with E-state index < -0.39 is 0 Å². The van der Waals surface area contributed by atoms with Gasteiger partial charge in [0, 0.05) is 17.3 Å². The third-order valence-electron chi connectivity index (χ3n) is 2.80. The summed E-state index contributed by atoms with van der Waals surface area (Å²) >= 11 is 1.76. The molecule has 0 aliphatic heterocycles. The van der Waals surface area contributed by atoms with Crippen LogP contribution in [0.4, 0.5) is 0 Å². The predicted molar refractivity (Wildman–Crippen MR) is 69.7 cm³/mol. The Bertz CT molecular complexity index is 306. The largest absolute Gasteiger partial charge is 0.353 e. The van der Waals surface area contributed by atoms with Crippen LogP contribution in [0.3, 0.4) is 0 Å². The molecule has 90 valence electrons. The van der Waals surface area contributed by atoms with Gasteiger partial charge in [-0.05, 0) is 37.1 Å². The molecule has 0 saturated heterocycles. The second kappa shape index (κ2) is 6.69. The maximum atomic E-state index is 11.6. The molecule has 0 radical (unpaired) electrons. The summed E-state index contributed by atoms with van der Waals surface area (Å²) in [6.07, 6.45) is 2.59. The molecule has 0 bridgehead atoms. The van der Waals surface area contributed by atoms with Crippen LogP contribution < -0.4 is 5.32 Å². The van der Waals surface area contributed by atoms with Crippen LogP contribution in [-0.2, 0) is 11.2 Å². The molecule has 0 aliphatic carbocycles. The molecule has 0 spiro atoms. The molecule has 0 saturated carbocycles. The number of hydrogen-bond acceptors (Lipinski definition) is 2. The molecule has 16 heavy (non-hydrogen) atoms. The van der Waals surface area contributed by atoms with Gasteiger partial charge in [0.25, 0.3) is 0 Å². The Morgan fingerprint density at radius 3 is 2.75 bits per heavy atom. The van der Waals surface area contributed by atoms with E-state index in [2.05, 4.69) is 43.6 Å². The lowest BCUT2D eigenvalue weighted by Crippen LogP contribution is -2.35. The fraction of sp³-hybridized carbons (Fsp3) is 0.615. The third-order valence-corrected chi connectivity index (χ3v) is 3.73. The monoisotopic (exact) mass is 239 g/mol. The van der Waals surface area contributed by atoms with Gasteiger partial charge in [-0.25, -0.2) is 0 Å². The van der Waals surface area contributed by atoms with Gasteiger partial charge >= 0.3 is 0 Å². The van der Waals surface area contributed by atoms with Crippen LogP contribution in [0.25, 0.3) is 0 Å². The Hall–Kier alpha value is -0.830. The summed E-state index contributed by atoms with van der Waals surface area (Å²) in [6, 6.07) is 4.45. The maximum Gasteiger partial charge on any atom is 0.220 e. The number of hydrogen-bond donors (Lipinski definition) is 1. The van der Waals surface area contributed by atoms with Crippen molar-refractivity contribution < 1.29 is 4.79 Å². The van der Waals surface area contributed by atoms with E-state index in [0.29, 0.717) is 12.3 Å². The molecule has 1 N–H and O–H groups in total. The first-order valence-electron chi connectivity index (χ1n) is 5.91. The summed E-state index contributed by atoms with van der Waals surface area (Å²) in [6.45, 7) is 6.30. The van der Waals surface area contributed by atoms with Gasteiger partial charge in [0.1, 0.15) is 0 Å². The molecule has 1 aromatic rings. The van der Waals surface area contributed by atoms with Crippen molar-refractivity contribution in [3.05, 3.63) is 22.4 Å². The second-order valence-electron chi connectivity index (χ2n) is 4.53. The molecule has 1 rings (SSSR count). The molecule has 0 aromatic carbocycles. The van der Waals surface area contributed by atoms with Crippen molar-refractivity contribution >= 4 is 17.2 Å². The quantitative estimate of drug-likeness (QED) is 0.811. The minimum absolute atomic E-state index is 0.178. The molecular weight excluding hydrogens is 218 g/mol.